The minimum atomic E-state index is -3.13. The maximum absolute atomic E-state index is 13.5. The van der Waals surface area contributed by atoms with Gasteiger partial charge in [0.2, 0.25) is 11.5 Å². The summed E-state index contributed by atoms with van der Waals surface area (Å²) < 4.78 is 26.9. The smallest absolute Gasteiger partial charge is 0.268 e. The van der Waals surface area contributed by atoms with Gasteiger partial charge in [-0.25, -0.2) is 8.78 Å². The van der Waals surface area contributed by atoms with Crippen molar-refractivity contribution in [1.29, 1.82) is 5.26 Å². The Morgan fingerprint density at radius 3 is 2.64 bits per heavy atom. The molecule has 1 unspecified atom stereocenters. The normalized spacial score (nSPS) is 17.8. The largest absolute Gasteiger partial charge is 0.343 e. The van der Waals surface area contributed by atoms with Gasteiger partial charge >= 0.3 is 0 Å². The monoisotopic (exact) mass is 386 g/mol. The number of benzene rings is 1. The molecule has 1 aliphatic heterocycles. The molecule has 1 aromatic heterocycles. The van der Waals surface area contributed by atoms with Gasteiger partial charge in [-0.1, -0.05) is 30.3 Å². The summed E-state index contributed by atoms with van der Waals surface area (Å²) in [4.78, 5) is 39.8. The van der Waals surface area contributed by atoms with Crippen LogP contribution in [-0.4, -0.2) is 46.8 Å². The second-order valence-electron chi connectivity index (χ2n) is 6.39. The Hall–Kier alpha value is -3.54. The summed E-state index contributed by atoms with van der Waals surface area (Å²) in [5, 5.41) is 11.3. The first-order valence-corrected chi connectivity index (χ1v) is 8.44. The van der Waals surface area contributed by atoms with E-state index in [1.807, 2.05) is 0 Å². The predicted octanol–water partition coefficient (Wildman–Crippen LogP) is 1.53. The number of nitriles is 1. The Balaban J connectivity index is 1.75. The van der Waals surface area contributed by atoms with E-state index < -0.39 is 48.8 Å². The summed E-state index contributed by atoms with van der Waals surface area (Å²) >= 11 is 0. The topological polar surface area (TPSA) is 106 Å². The lowest BCUT2D eigenvalue weighted by molar-refractivity contribution is -0.131. The highest BCUT2D eigenvalue weighted by molar-refractivity contribution is 6.01. The third-order valence-electron chi connectivity index (χ3n) is 4.37. The molecule has 2 N–H and O–H groups in total. The standard InChI is InChI=1S/C19H16F2N4O3/c20-19(21)8-13(9-22)25(11-19)16(27)10-23-18(28)14-6-7-15(26)24-17(14)12-4-2-1-3-5-12/h1-7,13H,8,10-11H2,(H,23,28)(H,24,26). The highest BCUT2D eigenvalue weighted by Crippen LogP contribution is 2.31. The predicted molar refractivity (Wildman–Crippen MR) is 95.5 cm³/mol. The van der Waals surface area contributed by atoms with Crippen molar-refractivity contribution >= 4 is 11.8 Å². The Bertz CT molecular complexity index is 998. The Kier molecular flexibility index (Phi) is 5.22. The molecule has 2 heterocycles. The van der Waals surface area contributed by atoms with Crippen LogP contribution in [0.3, 0.4) is 0 Å². The van der Waals surface area contributed by atoms with Crippen molar-refractivity contribution in [3.63, 3.8) is 0 Å². The number of nitrogens with one attached hydrogen (secondary N) is 2. The van der Waals surface area contributed by atoms with Crippen molar-refractivity contribution in [3.8, 4) is 17.3 Å². The number of hydrogen-bond donors (Lipinski definition) is 2. The van der Waals surface area contributed by atoms with Gasteiger partial charge in [0.25, 0.3) is 11.8 Å². The van der Waals surface area contributed by atoms with Gasteiger partial charge in [0.15, 0.2) is 0 Å². The van der Waals surface area contributed by atoms with E-state index in [2.05, 4.69) is 10.3 Å². The average Bonchev–Trinajstić information content (AvgIpc) is 3.01. The molecule has 0 aliphatic carbocycles. The van der Waals surface area contributed by atoms with Crippen molar-refractivity contribution in [2.24, 2.45) is 0 Å². The maximum Gasteiger partial charge on any atom is 0.268 e. The number of pyridine rings is 1. The molecule has 0 saturated carbocycles. The lowest BCUT2D eigenvalue weighted by atomic mass is 10.1. The van der Waals surface area contributed by atoms with Crippen LogP contribution in [0, 0.1) is 11.3 Å². The first-order valence-electron chi connectivity index (χ1n) is 8.44. The van der Waals surface area contributed by atoms with Gasteiger partial charge in [-0.05, 0) is 11.6 Å². The van der Waals surface area contributed by atoms with Crippen LogP contribution < -0.4 is 10.9 Å². The molecular formula is C19H16F2N4O3. The van der Waals surface area contributed by atoms with Gasteiger partial charge < -0.3 is 15.2 Å². The molecule has 1 fully saturated rings. The number of likely N-dealkylation sites (tertiary alicyclic amines) is 1. The van der Waals surface area contributed by atoms with Crippen molar-refractivity contribution < 1.29 is 18.4 Å². The van der Waals surface area contributed by atoms with Gasteiger partial charge in [-0.15, -0.1) is 0 Å². The third kappa shape index (κ3) is 4.06. The van der Waals surface area contributed by atoms with Crippen LogP contribution in [0.2, 0.25) is 0 Å². The highest BCUT2D eigenvalue weighted by atomic mass is 19.3. The molecule has 3 rings (SSSR count). The minimum absolute atomic E-state index is 0.127. The summed E-state index contributed by atoms with van der Waals surface area (Å²) in [6.45, 7) is -1.39. The highest BCUT2D eigenvalue weighted by Gasteiger charge is 2.47. The molecular weight excluding hydrogens is 370 g/mol. The molecule has 28 heavy (non-hydrogen) atoms. The number of carbonyl (C=O) groups excluding carboxylic acids is 2. The van der Waals surface area contributed by atoms with Gasteiger partial charge in [0.05, 0.1) is 30.4 Å². The summed E-state index contributed by atoms with van der Waals surface area (Å²) in [6.07, 6.45) is -0.721. The van der Waals surface area contributed by atoms with Crippen molar-refractivity contribution in [2.75, 3.05) is 13.1 Å². The molecule has 7 nitrogen and oxygen atoms in total. The Labute approximate surface area is 158 Å². The van der Waals surface area contributed by atoms with E-state index in [0.717, 1.165) is 4.90 Å². The van der Waals surface area contributed by atoms with E-state index in [9.17, 15) is 23.2 Å². The molecule has 144 valence electrons. The number of aromatic nitrogens is 1. The number of nitrogens with zero attached hydrogens (tertiary/aromatic N) is 2. The molecule has 1 atom stereocenters. The molecule has 0 spiro atoms. The quantitative estimate of drug-likeness (QED) is 0.831. The zero-order chi connectivity index (χ0) is 20.3. The molecule has 2 aromatic rings. The van der Waals surface area contributed by atoms with E-state index in [1.54, 1.807) is 36.4 Å². The summed E-state index contributed by atoms with van der Waals surface area (Å²) in [5.41, 5.74) is 0.603. The summed E-state index contributed by atoms with van der Waals surface area (Å²) in [7, 11) is 0. The number of halogens is 2. The van der Waals surface area contributed by atoms with Crippen LogP contribution in [0.4, 0.5) is 8.78 Å². The Morgan fingerprint density at radius 1 is 1.25 bits per heavy atom. The third-order valence-corrected chi connectivity index (χ3v) is 4.37. The van der Waals surface area contributed by atoms with Crippen LogP contribution in [0.25, 0.3) is 11.3 Å². The first kappa shape index (κ1) is 19.2. The van der Waals surface area contributed by atoms with Gasteiger partial charge in [0.1, 0.15) is 6.04 Å². The van der Waals surface area contributed by atoms with E-state index in [-0.39, 0.29) is 11.3 Å². The SMILES string of the molecule is N#CC1CC(F)(F)CN1C(=O)CNC(=O)c1ccc(=O)[nH]c1-c1ccccc1. The van der Waals surface area contributed by atoms with Crippen LogP contribution in [-0.2, 0) is 4.79 Å². The molecule has 1 saturated heterocycles. The summed E-state index contributed by atoms with van der Waals surface area (Å²) in [6, 6.07) is 11.6. The second-order valence-corrected chi connectivity index (χ2v) is 6.39. The second kappa shape index (κ2) is 7.60. The molecule has 0 bridgehead atoms. The molecule has 2 amide bonds. The van der Waals surface area contributed by atoms with Crippen LogP contribution in [0.1, 0.15) is 16.8 Å². The lowest BCUT2D eigenvalue weighted by Crippen LogP contribution is -2.43. The van der Waals surface area contributed by atoms with Gasteiger partial charge in [-0.3, -0.25) is 14.4 Å². The molecule has 9 heteroatoms. The van der Waals surface area contributed by atoms with E-state index in [1.165, 1.54) is 12.1 Å². The minimum Gasteiger partial charge on any atom is -0.343 e. The fourth-order valence-corrected chi connectivity index (χ4v) is 3.04. The molecule has 1 aromatic carbocycles. The zero-order valence-corrected chi connectivity index (χ0v) is 14.6. The molecule has 1 aliphatic rings. The number of alkyl halides is 2. The number of hydrogen-bond acceptors (Lipinski definition) is 4. The van der Waals surface area contributed by atoms with Crippen molar-refractivity contribution in [3.05, 3.63) is 58.4 Å². The fourth-order valence-electron chi connectivity index (χ4n) is 3.04. The van der Waals surface area contributed by atoms with Gasteiger partial charge in [0, 0.05) is 12.5 Å². The number of amides is 2. The van der Waals surface area contributed by atoms with E-state index in [4.69, 9.17) is 5.26 Å². The fraction of sp³-hybridized carbons (Fsp3) is 0.263. The van der Waals surface area contributed by atoms with Crippen LogP contribution >= 0.6 is 0 Å². The Morgan fingerprint density at radius 2 is 1.96 bits per heavy atom. The van der Waals surface area contributed by atoms with Crippen LogP contribution in [0.5, 0.6) is 0 Å². The average molecular weight is 386 g/mol. The van der Waals surface area contributed by atoms with Crippen LogP contribution in [0.15, 0.2) is 47.3 Å². The van der Waals surface area contributed by atoms with E-state index >= 15 is 0 Å². The number of aromatic amines is 1. The molecule has 0 radical (unpaired) electrons. The first-order chi connectivity index (χ1) is 13.3. The van der Waals surface area contributed by atoms with Gasteiger partial charge in [-0.2, -0.15) is 5.26 Å². The van der Waals surface area contributed by atoms with Crippen molar-refractivity contribution in [1.82, 2.24) is 15.2 Å². The summed E-state index contributed by atoms with van der Waals surface area (Å²) in [5.74, 6) is -4.55. The lowest BCUT2D eigenvalue weighted by Gasteiger charge is -2.19. The zero-order valence-electron chi connectivity index (χ0n) is 14.6. The number of rotatable bonds is 4. The van der Waals surface area contributed by atoms with E-state index in [0.29, 0.717) is 5.56 Å². The maximum atomic E-state index is 13.5. The number of H-pyrrole nitrogens is 1. The number of carbonyl (C=O) groups is 2. The van der Waals surface area contributed by atoms with Crippen molar-refractivity contribution in [2.45, 2.75) is 18.4 Å².